The molecule has 0 bridgehead atoms. The molecule has 3 aromatic heterocycles. The number of rotatable bonds is 7. The molecule has 46 heavy (non-hydrogen) atoms. The Morgan fingerprint density at radius 2 is 1.57 bits per heavy atom. The van der Waals surface area contributed by atoms with Crippen molar-refractivity contribution in [1.82, 2.24) is 28.7 Å². The van der Waals surface area contributed by atoms with Gasteiger partial charge in [-0.2, -0.15) is 4.98 Å². The Balaban J connectivity index is 1.24. The molecule has 3 aliphatic rings. The van der Waals surface area contributed by atoms with Gasteiger partial charge in [0.05, 0.1) is 11.0 Å². The molecule has 4 aromatic rings. The van der Waals surface area contributed by atoms with Gasteiger partial charge < -0.3 is 10.2 Å². The van der Waals surface area contributed by atoms with Gasteiger partial charge in [-0.05, 0) is 107 Å². The van der Waals surface area contributed by atoms with Crippen molar-refractivity contribution < 1.29 is 4.21 Å². The fraction of sp³-hybridized carbons (Fsp3) is 0.500. The summed E-state index contributed by atoms with van der Waals surface area (Å²) in [7, 11) is 1.14. The van der Waals surface area contributed by atoms with Gasteiger partial charge >= 0.3 is 0 Å². The van der Waals surface area contributed by atoms with E-state index in [9.17, 15) is 9.00 Å². The van der Waals surface area contributed by atoms with Crippen LogP contribution in [0.3, 0.4) is 0 Å². The van der Waals surface area contributed by atoms with E-state index in [1.807, 2.05) is 27.3 Å². The maximum Gasteiger partial charge on any atom is 0.260 e. The number of pyridine rings is 2. The predicted molar refractivity (Wildman–Crippen MR) is 186 cm³/mol. The highest BCUT2D eigenvalue weighted by Crippen LogP contribution is 2.35. The molecule has 0 radical (unpaired) electrons. The maximum absolute atomic E-state index is 14.5. The van der Waals surface area contributed by atoms with Crippen molar-refractivity contribution in [2.75, 3.05) is 44.8 Å². The van der Waals surface area contributed by atoms with Gasteiger partial charge in [0.1, 0.15) is 5.65 Å². The van der Waals surface area contributed by atoms with Crippen LogP contribution < -0.4 is 10.9 Å². The zero-order chi connectivity index (χ0) is 31.8. The topological polar surface area (TPSA) is 96.2 Å². The van der Waals surface area contributed by atoms with Crippen LogP contribution in [0.15, 0.2) is 53.6 Å². The Kier molecular flexibility index (Phi) is 9.03. The van der Waals surface area contributed by atoms with E-state index >= 15 is 0 Å². The van der Waals surface area contributed by atoms with Crippen molar-refractivity contribution in [3.63, 3.8) is 0 Å². The van der Waals surface area contributed by atoms with E-state index in [0.717, 1.165) is 66.7 Å². The SMILES string of the molecule is Cc1cc(C2CCN(C)CC2)ncc1-c1cc2cnc(Nc3ccc(C4CCCC4)cc3)nc2n(C2CCN(S(C)=O)CC2)c1=O. The molecule has 0 spiro atoms. The van der Waals surface area contributed by atoms with Crippen LogP contribution in [0.2, 0.25) is 0 Å². The lowest BCUT2D eigenvalue weighted by Gasteiger charge is -2.31. The molecule has 1 unspecified atom stereocenters. The number of likely N-dealkylation sites (tertiary alicyclic amines) is 1. The van der Waals surface area contributed by atoms with Crippen molar-refractivity contribution in [3.05, 3.63) is 76.0 Å². The lowest BCUT2D eigenvalue weighted by molar-refractivity contribution is 0.253. The molecule has 9 nitrogen and oxygen atoms in total. The average Bonchev–Trinajstić information content (AvgIpc) is 3.61. The molecule has 2 aliphatic heterocycles. The first kappa shape index (κ1) is 31.1. The molecule has 1 N–H and O–H groups in total. The number of aryl methyl sites for hydroxylation is 1. The number of aromatic nitrogens is 4. The fourth-order valence-electron chi connectivity index (χ4n) is 7.68. The monoisotopic (exact) mass is 639 g/mol. The van der Waals surface area contributed by atoms with E-state index in [4.69, 9.17) is 9.97 Å². The van der Waals surface area contributed by atoms with Gasteiger partial charge in [0.15, 0.2) is 0 Å². The van der Waals surface area contributed by atoms with Crippen LogP contribution in [-0.4, -0.2) is 72.4 Å². The summed E-state index contributed by atoms with van der Waals surface area (Å²) in [6.45, 7) is 5.58. The lowest BCUT2D eigenvalue weighted by Crippen LogP contribution is -2.38. The third-order valence-corrected chi connectivity index (χ3v) is 11.6. The second-order valence-corrected chi connectivity index (χ2v) is 14.9. The molecular weight excluding hydrogens is 595 g/mol. The third kappa shape index (κ3) is 6.39. The zero-order valence-corrected chi connectivity index (χ0v) is 28.1. The number of benzene rings is 1. The van der Waals surface area contributed by atoms with Crippen LogP contribution >= 0.6 is 0 Å². The Labute approximate surface area is 274 Å². The Morgan fingerprint density at radius 1 is 0.848 bits per heavy atom. The molecule has 2 saturated heterocycles. The van der Waals surface area contributed by atoms with Gasteiger partial charge in [0.25, 0.3) is 5.56 Å². The summed E-state index contributed by atoms with van der Waals surface area (Å²) in [6, 6.07) is 12.7. The first-order chi connectivity index (χ1) is 22.3. The van der Waals surface area contributed by atoms with Crippen LogP contribution in [-0.2, 0) is 11.0 Å². The predicted octanol–water partition coefficient (Wildman–Crippen LogP) is 6.30. The van der Waals surface area contributed by atoms with E-state index in [1.165, 1.54) is 31.2 Å². The largest absolute Gasteiger partial charge is 0.324 e. The minimum absolute atomic E-state index is 0.0602. The second kappa shape index (κ2) is 13.3. The normalized spacial score (nSPS) is 20.0. The van der Waals surface area contributed by atoms with Crippen molar-refractivity contribution in [2.24, 2.45) is 0 Å². The molecule has 242 valence electrons. The zero-order valence-electron chi connectivity index (χ0n) is 27.2. The first-order valence-electron chi connectivity index (χ1n) is 16.9. The van der Waals surface area contributed by atoms with E-state index in [-0.39, 0.29) is 11.6 Å². The summed E-state index contributed by atoms with van der Waals surface area (Å²) < 4.78 is 16.0. The number of anilines is 2. The van der Waals surface area contributed by atoms with Gasteiger partial charge in [-0.1, -0.05) is 25.0 Å². The molecular formula is C36H45N7O2S. The molecule has 1 aromatic carbocycles. The number of piperidine rings is 2. The number of hydrogen-bond donors (Lipinski definition) is 1. The number of nitrogens with zero attached hydrogens (tertiary/aromatic N) is 6. The average molecular weight is 640 g/mol. The van der Waals surface area contributed by atoms with Gasteiger partial charge in [0.2, 0.25) is 5.95 Å². The molecule has 10 heteroatoms. The molecule has 7 rings (SSSR count). The smallest absolute Gasteiger partial charge is 0.260 e. The Bertz CT molecular complexity index is 1790. The molecule has 5 heterocycles. The summed E-state index contributed by atoms with van der Waals surface area (Å²) in [4.78, 5) is 31.4. The third-order valence-electron chi connectivity index (χ3n) is 10.5. The number of fused-ring (bicyclic) bond motifs is 1. The molecule has 0 amide bonds. The van der Waals surface area contributed by atoms with Crippen LogP contribution in [0.25, 0.3) is 22.2 Å². The minimum Gasteiger partial charge on any atom is -0.324 e. The van der Waals surface area contributed by atoms with Crippen molar-refractivity contribution >= 4 is 33.7 Å². The molecule has 1 aliphatic carbocycles. The maximum atomic E-state index is 14.5. The van der Waals surface area contributed by atoms with Gasteiger partial charge in [0, 0.05) is 71.6 Å². The van der Waals surface area contributed by atoms with Gasteiger partial charge in [-0.3, -0.25) is 14.3 Å². The Morgan fingerprint density at radius 3 is 2.24 bits per heavy atom. The van der Waals surface area contributed by atoms with E-state index in [2.05, 4.69) is 59.5 Å². The van der Waals surface area contributed by atoms with E-state index < -0.39 is 11.0 Å². The fourth-order valence-corrected chi connectivity index (χ4v) is 8.41. The highest BCUT2D eigenvalue weighted by Gasteiger charge is 2.27. The summed E-state index contributed by atoms with van der Waals surface area (Å²) >= 11 is 0. The highest BCUT2D eigenvalue weighted by molar-refractivity contribution is 7.81. The molecule has 1 saturated carbocycles. The summed E-state index contributed by atoms with van der Waals surface area (Å²) in [5.41, 5.74) is 6.54. The van der Waals surface area contributed by atoms with Gasteiger partial charge in [-0.15, -0.1) is 0 Å². The van der Waals surface area contributed by atoms with Crippen LogP contribution in [0.4, 0.5) is 11.6 Å². The summed E-state index contributed by atoms with van der Waals surface area (Å²) in [5, 5.41) is 4.20. The van der Waals surface area contributed by atoms with Crippen LogP contribution in [0, 0.1) is 6.92 Å². The van der Waals surface area contributed by atoms with Crippen molar-refractivity contribution in [3.8, 4) is 11.1 Å². The highest BCUT2D eigenvalue weighted by atomic mass is 32.2. The van der Waals surface area contributed by atoms with Crippen molar-refractivity contribution in [2.45, 2.75) is 76.2 Å². The quantitative estimate of drug-likeness (QED) is 0.254. The molecule has 3 fully saturated rings. The molecule has 1 atom stereocenters. The summed E-state index contributed by atoms with van der Waals surface area (Å²) in [6.07, 6.45) is 14.3. The minimum atomic E-state index is -1.03. The van der Waals surface area contributed by atoms with Crippen LogP contribution in [0.5, 0.6) is 0 Å². The standard InChI is InChI=1S/C36H45N7O2S/c1-24-20-33(27-12-16-41(2)17-13-27)37-23-32(24)31-21-28-22-38-36(39-29-10-8-26(9-11-29)25-6-4-5-7-25)40-34(28)43(35(31)44)30-14-18-42(19-15-30)46(3)45/h8-11,20-23,25,27,30H,4-7,12-19H2,1-3H3,(H,38,39,40). The number of nitrogens with one attached hydrogen (secondary N) is 1. The van der Waals surface area contributed by atoms with Crippen LogP contribution in [0.1, 0.15) is 86.1 Å². The second-order valence-electron chi connectivity index (χ2n) is 13.5. The lowest BCUT2D eigenvalue weighted by atomic mass is 9.91. The number of hydrogen-bond acceptors (Lipinski definition) is 7. The van der Waals surface area contributed by atoms with Gasteiger partial charge in [-0.25, -0.2) is 13.5 Å². The summed E-state index contributed by atoms with van der Waals surface area (Å²) in [5.74, 6) is 1.58. The van der Waals surface area contributed by atoms with Crippen molar-refractivity contribution in [1.29, 1.82) is 0 Å². The first-order valence-corrected chi connectivity index (χ1v) is 18.4. The Hall–Kier alpha value is -3.47. The van der Waals surface area contributed by atoms with E-state index in [0.29, 0.717) is 42.1 Å². The van der Waals surface area contributed by atoms with E-state index in [1.54, 1.807) is 6.26 Å².